The lowest BCUT2D eigenvalue weighted by Gasteiger charge is -2.19. The molecule has 5 rings (SSSR count). The van der Waals surface area contributed by atoms with Crippen molar-refractivity contribution in [2.75, 3.05) is 18.8 Å². The Hall–Kier alpha value is -2.45. The number of para-hydroxylation sites is 1. The maximum atomic E-state index is 12.7. The molecule has 0 N–H and O–H groups in total. The smallest absolute Gasteiger partial charge is 0.233 e. The predicted octanol–water partition coefficient (Wildman–Crippen LogP) is 4.50. The average molecular weight is 424 g/mol. The fraction of sp³-hybridized carbons (Fsp3) is 0.333. The number of fused-ring (bicyclic) bond motifs is 3. The van der Waals surface area contributed by atoms with Crippen molar-refractivity contribution in [2.45, 2.75) is 30.8 Å². The molecular formula is C21H21N5OS2. The van der Waals surface area contributed by atoms with Gasteiger partial charge in [0.1, 0.15) is 0 Å². The summed E-state index contributed by atoms with van der Waals surface area (Å²) in [6, 6.07) is 9.97. The monoisotopic (exact) mass is 423 g/mol. The lowest BCUT2D eigenvalue weighted by Crippen LogP contribution is -2.33. The number of hydrogen-bond donors (Lipinski definition) is 0. The van der Waals surface area contributed by atoms with Crippen LogP contribution in [0.3, 0.4) is 0 Å². The Kier molecular flexibility index (Phi) is 5.20. The van der Waals surface area contributed by atoms with Crippen LogP contribution in [-0.4, -0.2) is 49.2 Å². The van der Waals surface area contributed by atoms with Crippen LogP contribution in [0.15, 0.2) is 46.2 Å². The maximum absolute atomic E-state index is 12.7. The molecule has 29 heavy (non-hydrogen) atoms. The minimum absolute atomic E-state index is 0.179. The van der Waals surface area contributed by atoms with Gasteiger partial charge < -0.3 is 4.90 Å². The highest BCUT2D eigenvalue weighted by molar-refractivity contribution is 7.99. The molecule has 1 amide bonds. The Morgan fingerprint density at radius 3 is 2.69 bits per heavy atom. The van der Waals surface area contributed by atoms with Gasteiger partial charge in [0, 0.05) is 29.4 Å². The number of aromatic nitrogens is 4. The summed E-state index contributed by atoms with van der Waals surface area (Å²) in [7, 11) is 0. The van der Waals surface area contributed by atoms with E-state index in [1.54, 1.807) is 15.9 Å². The van der Waals surface area contributed by atoms with Gasteiger partial charge >= 0.3 is 0 Å². The van der Waals surface area contributed by atoms with Crippen molar-refractivity contribution in [3.63, 3.8) is 0 Å². The predicted molar refractivity (Wildman–Crippen MR) is 117 cm³/mol. The molecule has 1 aliphatic heterocycles. The first-order valence-electron chi connectivity index (χ1n) is 9.88. The van der Waals surface area contributed by atoms with Gasteiger partial charge in [-0.1, -0.05) is 36.7 Å². The van der Waals surface area contributed by atoms with Gasteiger partial charge in [-0.2, -0.15) is 15.9 Å². The lowest BCUT2D eigenvalue weighted by molar-refractivity contribution is -0.128. The van der Waals surface area contributed by atoms with Crippen molar-refractivity contribution in [3.8, 4) is 11.4 Å². The first kappa shape index (κ1) is 18.6. The summed E-state index contributed by atoms with van der Waals surface area (Å²) in [5.41, 5.74) is 2.65. The van der Waals surface area contributed by atoms with E-state index in [2.05, 4.69) is 0 Å². The van der Waals surface area contributed by atoms with Crippen LogP contribution in [0.25, 0.3) is 27.9 Å². The molecule has 0 bridgehead atoms. The van der Waals surface area contributed by atoms with Crippen molar-refractivity contribution >= 4 is 45.6 Å². The van der Waals surface area contributed by atoms with Gasteiger partial charge in [-0.3, -0.25) is 4.79 Å². The van der Waals surface area contributed by atoms with E-state index < -0.39 is 0 Å². The molecule has 0 saturated carbocycles. The summed E-state index contributed by atoms with van der Waals surface area (Å²) in [5.74, 6) is 1.23. The topological polar surface area (TPSA) is 63.4 Å². The number of thiophene rings is 1. The van der Waals surface area contributed by atoms with Crippen LogP contribution in [0, 0.1) is 0 Å². The second-order valence-electron chi connectivity index (χ2n) is 7.18. The van der Waals surface area contributed by atoms with Crippen LogP contribution in [0.5, 0.6) is 0 Å². The number of nitrogens with zero attached hydrogens (tertiary/aromatic N) is 5. The zero-order valence-electron chi connectivity index (χ0n) is 16.0. The largest absolute Gasteiger partial charge is 0.342 e. The van der Waals surface area contributed by atoms with Crippen LogP contribution in [0.4, 0.5) is 0 Å². The minimum atomic E-state index is 0.179. The number of rotatable bonds is 4. The first-order valence-corrected chi connectivity index (χ1v) is 11.8. The number of benzene rings is 1. The van der Waals surface area contributed by atoms with Gasteiger partial charge in [-0.25, -0.2) is 9.97 Å². The molecule has 8 heteroatoms. The van der Waals surface area contributed by atoms with E-state index in [1.807, 2.05) is 46.0 Å². The van der Waals surface area contributed by atoms with Gasteiger partial charge in [0.25, 0.3) is 0 Å². The minimum Gasteiger partial charge on any atom is -0.342 e. The van der Waals surface area contributed by atoms with Crippen molar-refractivity contribution in [1.29, 1.82) is 0 Å². The second kappa shape index (κ2) is 8.12. The normalized spacial score (nSPS) is 15.1. The second-order valence-corrected chi connectivity index (χ2v) is 8.90. The number of likely N-dealkylation sites (tertiary alicyclic amines) is 1. The van der Waals surface area contributed by atoms with Gasteiger partial charge in [0.05, 0.1) is 11.3 Å². The molecular weight excluding hydrogens is 402 g/mol. The zero-order chi connectivity index (χ0) is 19.6. The van der Waals surface area contributed by atoms with Crippen molar-refractivity contribution in [2.24, 2.45) is 0 Å². The fourth-order valence-electron chi connectivity index (χ4n) is 3.68. The van der Waals surface area contributed by atoms with E-state index in [-0.39, 0.29) is 5.91 Å². The van der Waals surface area contributed by atoms with Gasteiger partial charge in [-0.15, -0.1) is 5.10 Å². The maximum Gasteiger partial charge on any atom is 0.233 e. The third kappa shape index (κ3) is 3.74. The van der Waals surface area contributed by atoms with Crippen molar-refractivity contribution < 1.29 is 4.79 Å². The van der Waals surface area contributed by atoms with E-state index >= 15 is 0 Å². The van der Waals surface area contributed by atoms with Crippen LogP contribution < -0.4 is 0 Å². The molecule has 0 unspecified atom stereocenters. The van der Waals surface area contributed by atoms with E-state index in [4.69, 9.17) is 15.1 Å². The Labute approximate surface area is 177 Å². The molecule has 6 nitrogen and oxygen atoms in total. The Bertz CT molecular complexity index is 1150. The number of amides is 1. The van der Waals surface area contributed by atoms with Crippen molar-refractivity contribution in [1.82, 2.24) is 24.5 Å². The first-order chi connectivity index (χ1) is 14.3. The molecule has 0 atom stereocenters. The molecule has 1 aromatic carbocycles. The van der Waals surface area contributed by atoms with Crippen LogP contribution in [-0.2, 0) is 4.79 Å². The molecule has 148 valence electrons. The molecule has 0 aliphatic carbocycles. The van der Waals surface area contributed by atoms with E-state index in [0.717, 1.165) is 48.0 Å². The van der Waals surface area contributed by atoms with E-state index in [1.165, 1.54) is 24.6 Å². The Morgan fingerprint density at radius 2 is 1.90 bits per heavy atom. The highest BCUT2D eigenvalue weighted by Crippen LogP contribution is 2.27. The number of carbonyl (C=O) groups is 1. The highest BCUT2D eigenvalue weighted by atomic mass is 32.2. The molecule has 1 aliphatic rings. The number of carbonyl (C=O) groups excluding carboxylic acids is 1. The fourth-order valence-corrected chi connectivity index (χ4v) is 5.16. The summed E-state index contributed by atoms with van der Waals surface area (Å²) >= 11 is 3.07. The summed E-state index contributed by atoms with van der Waals surface area (Å²) < 4.78 is 1.79. The highest BCUT2D eigenvalue weighted by Gasteiger charge is 2.19. The van der Waals surface area contributed by atoms with Gasteiger partial charge in [0.15, 0.2) is 16.6 Å². The third-order valence-corrected chi connectivity index (χ3v) is 6.81. The molecule has 4 aromatic rings. The standard InChI is InChI=1S/C21H21N5OS2/c27-18(25-10-5-1-2-6-11-25)14-29-21-22-17-8-4-3-7-16(17)20-23-19(24-26(20)21)15-9-12-28-13-15/h3-4,7-9,12-13H,1-2,5-6,10-11,14H2. The average Bonchev–Trinajstić information content (AvgIpc) is 3.36. The molecule has 1 saturated heterocycles. The summed E-state index contributed by atoms with van der Waals surface area (Å²) in [6.45, 7) is 1.73. The quantitative estimate of drug-likeness (QED) is 0.357. The Balaban J connectivity index is 1.49. The Morgan fingerprint density at radius 1 is 1.07 bits per heavy atom. The van der Waals surface area contributed by atoms with E-state index in [9.17, 15) is 4.79 Å². The van der Waals surface area contributed by atoms with Crippen molar-refractivity contribution in [3.05, 3.63) is 41.1 Å². The van der Waals surface area contributed by atoms with E-state index in [0.29, 0.717) is 16.7 Å². The summed E-state index contributed by atoms with van der Waals surface area (Å²) in [5, 5.41) is 10.4. The molecule has 0 radical (unpaired) electrons. The van der Waals surface area contributed by atoms with Crippen LogP contribution >= 0.6 is 23.1 Å². The summed E-state index contributed by atoms with van der Waals surface area (Å²) in [6.07, 6.45) is 4.63. The molecule has 4 heterocycles. The molecule has 1 fully saturated rings. The molecule has 0 spiro atoms. The van der Waals surface area contributed by atoms with Crippen LogP contribution in [0.1, 0.15) is 25.7 Å². The third-order valence-electron chi connectivity index (χ3n) is 5.21. The molecule has 3 aromatic heterocycles. The van der Waals surface area contributed by atoms with Gasteiger partial charge in [-0.05, 0) is 36.4 Å². The number of thioether (sulfide) groups is 1. The van der Waals surface area contributed by atoms with Crippen LogP contribution in [0.2, 0.25) is 0 Å². The number of hydrogen-bond acceptors (Lipinski definition) is 6. The SMILES string of the molecule is O=C(CSc1nc2ccccc2c2nc(-c3ccsc3)nn12)N1CCCCCC1. The zero-order valence-corrected chi connectivity index (χ0v) is 17.6. The van der Waals surface area contributed by atoms with Gasteiger partial charge in [0.2, 0.25) is 5.91 Å². The lowest BCUT2D eigenvalue weighted by atomic mass is 10.2. The summed E-state index contributed by atoms with van der Waals surface area (Å²) in [4.78, 5) is 24.3.